The normalized spacial score (nSPS) is 25.2. The minimum absolute atomic E-state index is 0.549. The Hall–Kier alpha value is -0.260. The Kier molecular flexibility index (Phi) is 2.75. The summed E-state index contributed by atoms with van der Waals surface area (Å²) in [5.41, 5.74) is 2.14. The molecule has 0 aromatic rings. The van der Waals surface area contributed by atoms with Crippen molar-refractivity contribution in [2.45, 2.75) is 52.9 Å². The Labute approximate surface area is 70.7 Å². The molecule has 0 heterocycles. The second-order valence-corrected chi connectivity index (χ2v) is 4.09. The predicted molar refractivity (Wildman–Crippen MR) is 50.6 cm³/mol. The van der Waals surface area contributed by atoms with Gasteiger partial charge in [0.15, 0.2) is 0 Å². The molecular formula is C11H20. The third-order valence-electron chi connectivity index (χ3n) is 3.34. The van der Waals surface area contributed by atoms with Crippen molar-refractivity contribution >= 4 is 0 Å². The maximum Gasteiger partial charge on any atom is -0.0119 e. The fourth-order valence-electron chi connectivity index (χ4n) is 2.07. The van der Waals surface area contributed by atoms with Crippen molar-refractivity contribution in [1.29, 1.82) is 0 Å². The monoisotopic (exact) mass is 152 g/mol. The summed E-state index contributed by atoms with van der Waals surface area (Å²) in [5, 5.41) is 0. The van der Waals surface area contributed by atoms with E-state index >= 15 is 0 Å². The van der Waals surface area contributed by atoms with Gasteiger partial charge in [0.05, 0.1) is 0 Å². The van der Waals surface area contributed by atoms with Crippen molar-refractivity contribution in [3.05, 3.63) is 11.6 Å². The van der Waals surface area contributed by atoms with Crippen LogP contribution in [0.1, 0.15) is 52.9 Å². The van der Waals surface area contributed by atoms with Gasteiger partial charge in [0.25, 0.3) is 0 Å². The van der Waals surface area contributed by atoms with Gasteiger partial charge in [0.2, 0.25) is 0 Å². The van der Waals surface area contributed by atoms with Crippen LogP contribution in [0.4, 0.5) is 0 Å². The maximum absolute atomic E-state index is 2.42. The Morgan fingerprint density at radius 1 is 1.18 bits per heavy atom. The summed E-state index contributed by atoms with van der Waals surface area (Å²) >= 11 is 0. The molecule has 1 aliphatic rings. The SMILES string of the molecule is CC=C(C)C1(C)CCCCC1. The van der Waals surface area contributed by atoms with Crippen LogP contribution in [0, 0.1) is 5.41 Å². The van der Waals surface area contributed by atoms with E-state index in [0.29, 0.717) is 5.41 Å². The lowest BCUT2D eigenvalue weighted by Gasteiger charge is -2.34. The Morgan fingerprint density at radius 2 is 1.73 bits per heavy atom. The van der Waals surface area contributed by atoms with E-state index in [4.69, 9.17) is 0 Å². The van der Waals surface area contributed by atoms with Crippen LogP contribution in [0.2, 0.25) is 0 Å². The zero-order valence-electron chi connectivity index (χ0n) is 8.11. The molecule has 1 saturated carbocycles. The molecule has 11 heavy (non-hydrogen) atoms. The zero-order valence-corrected chi connectivity index (χ0v) is 8.11. The first-order chi connectivity index (χ1) is 5.19. The fourth-order valence-corrected chi connectivity index (χ4v) is 2.07. The van der Waals surface area contributed by atoms with Crippen LogP contribution in [-0.2, 0) is 0 Å². The molecule has 1 rings (SSSR count). The van der Waals surface area contributed by atoms with Gasteiger partial charge >= 0.3 is 0 Å². The van der Waals surface area contributed by atoms with E-state index in [-0.39, 0.29) is 0 Å². The van der Waals surface area contributed by atoms with E-state index in [0.717, 1.165) is 0 Å². The lowest BCUT2D eigenvalue weighted by atomic mass is 9.71. The molecule has 0 unspecified atom stereocenters. The number of hydrogen-bond acceptors (Lipinski definition) is 0. The molecule has 0 saturated heterocycles. The molecule has 0 radical (unpaired) electrons. The molecule has 0 amide bonds. The predicted octanol–water partition coefficient (Wildman–Crippen LogP) is 3.92. The van der Waals surface area contributed by atoms with Crippen molar-refractivity contribution in [2.75, 3.05) is 0 Å². The highest BCUT2D eigenvalue weighted by Crippen LogP contribution is 2.41. The maximum atomic E-state index is 2.42. The van der Waals surface area contributed by atoms with Crippen molar-refractivity contribution in [3.8, 4) is 0 Å². The topological polar surface area (TPSA) is 0 Å². The summed E-state index contributed by atoms with van der Waals surface area (Å²) in [6.07, 6.45) is 9.41. The van der Waals surface area contributed by atoms with Crippen molar-refractivity contribution in [3.63, 3.8) is 0 Å². The Balaban J connectivity index is 2.64. The van der Waals surface area contributed by atoms with Crippen LogP contribution < -0.4 is 0 Å². The van der Waals surface area contributed by atoms with Gasteiger partial charge in [-0.25, -0.2) is 0 Å². The standard InChI is InChI=1S/C11H20/c1-4-10(2)11(3)8-6-5-7-9-11/h4H,5-9H2,1-3H3. The van der Waals surface area contributed by atoms with Gasteiger partial charge in [-0.05, 0) is 32.1 Å². The molecule has 0 aromatic heterocycles. The second-order valence-electron chi connectivity index (χ2n) is 4.09. The van der Waals surface area contributed by atoms with E-state index in [1.54, 1.807) is 5.57 Å². The quantitative estimate of drug-likeness (QED) is 0.499. The van der Waals surface area contributed by atoms with Gasteiger partial charge in [-0.15, -0.1) is 0 Å². The summed E-state index contributed by atoms with van der Waals surface area (Å²) in [5.74, 6) is 0. The molecule has 0 atom stereocenters. The van der Waals surface area contributed by atoms with Crippen LogP contribution in [-0.4, -0.2) is 0 Å². The molecule has 0 spiro atoms. The molecule has 0 aromatic carbocycles. The van der Waals surface area contributed by atoms with Crippen LogP contribution in [0.3, 0.4) is 0 Å². The number of hydrogen-bond donors (Lipinski definition) is 0. The molecule has 0 nitrogen and oxygen atoms in total. The van der Waals surface area contributed by atoms with E-state index in [1.165, 1.54) is 32.1 Å². The summed E-state index contributed by atoms with van der Waals surface area (Å²) in [4.78, 5) is 0. The first-order valence-corrected chi connectivity index (χ1v) is 4.82. The molecule has 0 N–H and O–H groups in total. The van der Waals surface area contributed by atoms with Gasteiger partial charge in [-0.2, -0.15) is 0 Å². The zero-order chi connectivity index (χ0) is 8.32. The Morgan fingerprint density at radius 3 is 2.18 bits per heavy atom. The first kappa shape index (κ1) is 8.83. The molecular weight excluding hydrogens is 132 g/mol. The first-order valence-electron chi connectivity index (χ1n) is 4.82. The average Bonchev–Trinajstić information content (AvgIpc) is 2.04. The smallest absolute Gasteiger partial charge is 0.0119 e. The van der Waals surface area contributed by atoms with Crippen molar-refractivity contribution in [2.24, 2.45) is 5.41 Å². The summed E-state index contributed by atoms with van der Waals surface area (Å²) in [7, 11) is 0. The summed E-state index contributed by atoms with van der Waals surface area (Å²) in [6, 6.07) is 0. The van der Waals surface area contributed by atoms with Gasteiger partial charge in [-0.3, -0.25) is 0 Å². The minimum Gasteiger partial charge on any atom is -0.0882 e. The average molecular weight is 152 g/mol. The van der Waals surface area contributed by atoms with Gasteiger partial charge in [0.1, 0.15) is 0 Å². The third-order valence-corrected chi connectivity index (χ3v) is 3.34. The molecule has 64 valence electrons. The second kappa shape index (κ2) is 3.42. The highest BCUT2D eigenvalue weighted by molar-refractivity contribution is 5.10. The number of allylic oxidation sites excluding steroid dienone is 2. The van der Waals surface area contributed by atoms with Crippen LogP contribution in [0.25, 0.3) is 0 Å². The van der Waals surface area contributed by atoms with E-state index in [1.807, 2.05) is 0 Å². The van der Waals surface area contributed by atoms with Crippen molar-refractivity contribution in [1.82, 2.24) is 0 Å². The Bertz CT molecular complexity index is 147. The van der Waals surface area contributed by atoms with Crippen molar-refractivity contribution < 1.29 is 0 Å². The molecule has 1 aliphatic carbocycles. The summed E-state index contributed by atoms with van der Waals surface area (Å²) < 4.78 is 0. The van der Waals surface area contributed by atoms with E-state index in [9.17, 15) is 0 Å². The largest absolute Gasteiger partial charge is 0.0882 e. The van der Waals surface area contributed by atoms with E-state index in [2.05, 4.69) is 26.8 Å². The van der Waals surface area contributed by atoms with Gasteiger partial charge < -0.3 is 0 Å². The highest BCUT2D eigenvalue weighted by atomic mass is 14.3. The summed E-state index contributed by atoms with van der Waals surface area (Å²) in [6.45, 7) is 6.86. The molecule has 0 bridgehead atoms. The highest BCUT2D eigenvalue weighted by Gasteiger charge is 2.27. The lowest BCUT2D eigenvalue weighted by molar-refractivity contribution is 0.267. The van der Waals surface area contributed by atoms with Gasteiger partial charge in [0, 0.05) is 0 Å². The minimum atomic E-state index is 0.549. The lowest BCUT2D eigenvalue weighted by Crippen LogP contribution is -2.21. The van der Waals surface area contributed by atoms with Gasteiger partial charge in [-0.1, -0.05) is 37.8 Å². The molecule has 0 aliphatic heterocycles. The van der Waals surface area contributed by atoms with E-state index < -0.39 is 0 Å². The van der Waals surface area contributed by atoms with Crippen LogP contribution in [0.15, 0.2) is 11.6 Å². The number of rotatable bonds is 1. The van der Waals surface area contributed by atoms with Crippen LogP contribution >= 0.6 is 0 Å². The molecule has 0 heteroatoms. The fraction of sp³-hybridized carbons (Fsp3) is 0.818. The van der Waals surface area contributed by atoms with Crippen LogP contribution in [0.5, 0.6) is 0 Å². The molecule has 1 fully saturated rings. The third kappa shape index (κ3) is 1.85.